The van der Waals surface area contributed by atoms with Crippen molar-refractivity contribution in [1.29, 1.82) is 0 Å². The van der Waals surface area contributed by atoms with E-state index >= 15 is 0 Å². The van der Waals surface area contributed by atoms with Crippen LogP contribution < -0.4 is 5.32 Å². The maximum absolute atomic E-state index is 11.9. The van der Waals surface area contributed by atoms with E-state index in [1.165, 1.54) is 25.8 Å². The predicted molar refractivity (Wildman–Crippen MR) is 85.5 cm³/mol. The summed E-state index contributed by atoms with van der Waals surface area (Å²) in [5.41, 5.74) is -0.718. The Morgan fingerprint density at radius 3 is 2.52 bits per heavy atom. The van der Waals surface area contributed by atoms with Crippen LogP contribution in [0.5, 0.6) is 0 Å². The van der Waals surface area contributed by atoms with E-state index < -0.39 is 11.5 Å². The van der Waals surface area contributed by atoms with Crippen LogP contribution in [-0.2, 0) is 4.79 Å². The lowest BCUT2D eigenvalue weighted by Crippen LogP contribution is -2.60. The normalized spacial score (nSPS) is 30.6. The van der Waals surface area contributed by atoms with Crippen LogP contribution in [-0.4, -0.2) is 46.7 Å². The maximum atomic E-state index is 11.9. The van der Waals surface area contributed by atoms with Crippen LogP contribution in [0.3, 0.4) is 0 Å². The molecule has 2 fully saturated rings. The number of hydrogen-bond donors (Lipinski definition) is 2. The molecule has 0 amide bonds. The minimum atomic E-state index is -0.718. The lowest BCUT2D eigenvalue weighted by molar-refractivity contribution is -0.148. The third-order valence-electron chi connectivity index (χ3n) is 5.34. The van der Waals surface area contributed by atoms with Crippen LogP contribution in [0.1, 0.15) is 65.7 Å². The van der Waals surface area contributed by atoms with Gasteiger partial charge < -0.3 is 10.0 Å². The highest BCUT2D eigenvalue weighted by molar-refractivity contribution is 5.79. The van der Waals surface area contributed by atoms with E-state index in [0.29, 0.717) is 6.04 Å². The molecule has 4 heteroatoms. The van der Waals surface area contributed by atoms with Crippen molar-refractivity contribution in [2.75, 3.05) is 13.1 Å². The van der Waals surface area contributed by atoms with Crippen molar-refractivity contribution < 1.29 is 9.90 Å². The molecule has 2 aliphatic carbocycles. The fourth-order valence-corrected chi connectivity index (χ4v) is 4.04. The van der Waals surface area contributed by atoms with Gasteiger partial charge in [0.15, 0.2) is 0 Å². The minimum absolute atomic E-state index is 0.210. The molecule has 4 nitrogen and oxygen atoms in total. The molecule has 0 heterocycles. The summed E-state index contributed by atoms with van der Waals surface area (Å²) < 4.78 is 0. The second-order valence-corrected chi connectivity index (χ2v) is 7.32. The quantitative estimate of drug-likeness (QED) is 0.758. The van der Waals surface area contributed by atoms with Crippen molar-refractivity contribution in [3.05, 3.63) is 0 Å². The van der Waals surface area contributed by atoms with E-state index in [1.54, 1.807) is 0 Å². The summed E-state index contributed by atoms with van der Waals surface area (Å²) in [5.74, 6) is 0.185. The van der Waals surface area contributed by atoms with E-state index in [0.717, 1.165) is 38.1 Å². The first kappa shape index (κ1) is 16.8. The van der Waals surface area contributed by atoms with Crippen LogP contribution in [0.25, 0.3) is 0 Å². The molecule has 2 atom stereocenters. The van der Waals surface area contributed by atoms with Gasteiger partial charge in [-0.05, 0) is 64.8 Å². The number of hydrogen-bond acceptors (Lipinski definition) is 3. The van der Waals surface area contributed by atoms with Crippen LogP contribution in [0.2, 0.25) is 0 Å². The van der Waals surface area contributed by atoms with E-state index in [1.807, 2.05) is 13.8 Å². The first-order valence-corrected chi connectivity index (χ1v) is 8.72. The molecule has 2 N–H and O–H groups in total. The Hall–Kier alpha value is -0.610. The monoisotopic (exact) mass is 296 g/mol. The first-order valence-electron chi connectivity index (χ1n) is 8.72. The maximum Gasteiger partial charge on any atom is 0.323 e. The Kier molecular flexibility index (Phi) is 5.67. The fraction of sp³-hybridized carbons (Fsp3) is 0.941. The van der Waals surface area contributed by atoms with Crippen molar-refractivity contribution in [3.63, 3.8) is 0 Å². The minimum Gasteiger partial charge on any atom is -0.480 e. The van der Waals surface area contributed by atoms with Gasteiger partial charge in [0.1, 0.15) is 5.54 Å². The Bertz CT molecular complexity index is 355. The molecule has 2 aliphatic rings. The van der Waals surface area contributed by atoms with Gasteiger partial charge in [0.25, 0.3) is 0 Å². The third kappa shape index (κ3) is 3.98. The lowest BCUT2D eigenvalue weighted by Gasteiger charge is -2.45. The highest BCUT2D eigenvalue weighted by Crippen LogP contribution is 2.34. The Balaban J connectivity index is 2.03. The Morgan fingerprint density at radius 1 is 1.33 bits per heavy atom. The number of nitrogens with one attached hydrogen (secondary N) is 1. The molecule has 0 spiro atoms. The highest BCUT2D eigenvalue weighted by Gasteiger charge is 2.44. The average molecular weight is 296 g/mol. The number of aliphatic carboxylic acids is 1. The van der Waals surface area contributed by atoms with Gasteiger partial charge in [-0.1, -0.05) is 13.3 Å². The van der Waals surface area contributed by atoms with Gasteiger partial charge in [-0.2, -0.15) is 0 Å². The lowest BCUT2D eigenvalue weighted by atomic mass is 9.77. The zero-order chi connectivity index (χ0) is 15.5. The molecule has 2 saturated carbocycles. The summed E-state index contributed by atoms with van der Waals surface area (Å²) >= 11 is 0. The molecule has 0 saturated heterocycles. The Labute approximate surface area is 129 Å². The Morgan fingerprint density at radius 2 is 2.05 bits per heavy atom. The number of nitrogens with zero attached hydrogens (tertiary/aromatic N) is 1. The smallest absolute Gasteiger partial charge is 0.323 e. The second kappa shape index (κ2) is 7.10. The molecule has 2 rings (SSSR count). The summed E-state index contributed by atoms with van der Waals surface area (Å²) in [4.78, 5) is 14.4. The number of carboxylic acids is 1. The van der Waals surface area contributed by atoms with Gasteiger partial charge in [0, 0.05) is 18.6 Å². The van der Waals surface area contributed by atoms with Gasteiger partial charge in [0.2, 0.25) is 0 Å². The first-order chi connectivity index (χ1) is 9.97. The van der Waals surface area contributed by atoms with Crippen molar-refractivity contribution in [3.8, 4) is 0 Å². The van der Waals surface area contributed by atoms with E-state index in [9.17, 15) is 9.90 Å². The summed E-state index contributed by atoms with van der Waals surface area (Å²) in [7, 11) is 0. The largest absolute Gasteiger partial charge is 0.480 e. The number of carbonyl (C=O) groups is 1. The number of rotatable bonds is 7. The molecule has 122 valence electrons. The zero-order valence-electron chi connectivity index (χ0n) is 13.9. The average Bonchev–Trinajstić information content (AvgIpc) is 2.37. The summed E-state index contributed by atoms with van der Waals surface area (Å²) in [6.45, 7) is 8.50. The molecule has 0 aromatic heterocycles. The summed E-state index contributed by atoms with van der Waals surface area (Å²) in [6, 6.07) is 0.633. The number of carboxylic acid groups (broad SMARTS) is 1. The predicted octanol–water partition coefficient (Wildman–Crippen LogP) is 2.87. The molecular formula is C17H32N2O2. The van der Waals surface area contributed by atoms with E-state index in [2.05, 4.69) is 17.1 Å². The van der Waals surface area contributed by atoms with Gasteiger partial charge >= 0.3 is 5.97 Å². The molecule has 21 heavy (non-hydrogen) atoms. The van der Waals surface area contributed by atoms with Crippen molar-refractivity contribution in [2.24, 2.45) is 5.92 Å². The molecule has 0 bridgehead atoms. The van der Waals surface area contributed by atoms with Crippen LogP contribution in [0.15, 0.2) is 0 Å². The van der Waals surface area contributed by atoms with Crippen LogP contribution >= 0.6 is 0 Å². The molecule has 0 radical (unpaired) electrons. The standard InChI is InChI=1S/C17H32N2O2/c1-4-19(12-14-7-5-8-14)15-9-6-10-17(11-15,16(20)21)18-13(2)3/h13-15,18H,4-12H2,1-3H3,(H,20,21). The fourth-order valence-electron chi connectivity index (χ4n) is 4.04. The third-order valence-corrected chi connectivity index (χ3v) is 5.34. The molecule has 0 aliphatic heterocycles. The van der Waals surface area contributed by atoms with Gasteiger partial charge in [-0.25, -0.2) is 0 Å². The van der Waals surface area contributed by atoms with Crippen LogP contribution in [0.4, 0.5) is 0 Å². The molecule has 0 aromatic carbocycles. The topological polar surface area (TPSA) is 52.6 Å². The summed E-state index contributed by atoms with van der Waals surface area (Å²) in [6.07, 6.45) is 7.77. The second-order valence-electron chi connectivity index (χ2n) is 7.32. The van der Waals surface area contributed by atoms with Crippen molar-refractivity contribution in [1.82, 2.24) is 10.2 Å². The van der Waals surface area contributed by atoms with Gasteiger partial charge in [0.05, 0.1) is 0 Å². The summed E-state index contributed by atoms with van der Waals surface area (Å²) in [5, 5.41) is 13.1. The van der Waals surface area contributed by atoms with Crippen molar-refractivity contribution >= 4 is 5.97 Å². The highest BCUT2D eigenvalue weighted by atomic mass is 16.4. The van der Waals surface area contributed by atoms with Crippen LogP contribution in [0, 0.1) is 5.92 Å². The van der Waals surface area contributed by atoms with E-state index in [4.69, 9.17) is 0 Å². The molecule has 0 aromatic rings. The van der Waals surface area contributed by atoms with E-state index in [-0.39, 0.29) is 6.04 Å². The molecular weight excluding hydrogens is 264 g/mol. The van der Waals surface area contributed by atoms with Gasteiger partial charge in [-0.15, -0.1) is 0 Å². The van der Waals surface area contributed by atoms with Gasteiger partial charge in [-0.3, -0.25) is 10.1 Å². The zero-order valence-corrected chi connectivity index (χ0v) is 13.9. The van der Waals surface area contributed by atoms with Crippen molar-refractivity contribution in [2.45, 2.75) is 83.3 Å². The SMILES string of the molecule is CCN(CC1CCC1)C1CCCC(NC(C)C)(C(=O)O)C1. The molecule has 2 unspecified atom stereocenters.